The van der Waals surface area contributed by atoms with Gasteiger partial charge in [0.15, 0.2) is 5.58 Å². The van der Waals surface area contributed by atoms with Crippen molar-refractivity contribution in [3.05, 3.63) is 158 Å². The minimum atomic E-state index is 0.794. The van der Waals surface area contributed by atoms with Crippen LogP contribution in [0.1, 0.15) is 0 Å². The molecule has 0 spiro atoms. The lowest BCUT2D eigenvalue weighted by Gasteiger charge is -2.26. The number of pyridine rings is 1. The minimum Gasteiger partial charge on any atom is -0.454 e. The summed E-state index contributed by atoms with van der Waals surface area (Å²) >= 11 is 0. The van der Waals surface area contributed by atoms with E-state index in [0.717, 1.165) is 39.0 Å². The van der Waals surface area contributed by atoms with Crippen LogP contribution in [-0.4, -0.2) is 4.98 Å². The molecule has 198 valence electrons. The van der Waals surface area contributed by atoms with E-state index < -0.39 is 0 Å². The van der Waals surface area contributed by atoms with E-state index in [1.165, 1.54) is 33.0 Å². The molecule has 0 N–H and O–H groups in total. The molecule has 42 heavy (non-hydrogen) atoms. The Morgan fingerprint density at radius 2 is 1.12 bits per heavy atom. The van der Waals surface area contributed by atoms with Crippen LogP contribution in [0.2, 0.25) is 0 Å². The fourth-order valence-corrected chi connectivity index (χ4v) is 5.91. The van der Waals surface area contributed by atoms with Crippen LogP contribution in [-0.2, 0) is 0 Å². The maximum atomic E-state index is 6.08. The summed E-state index contributed by atoms with van der Waals surface area (Å²) in [4.78, 5) is 6.55. The Kier molecular flexibility index (Phi) is 5.79. The van der Waals surface area contributed by atoms with Crippen LogP contribution in [0.3, 0.4) is 0 Å². The highest BCUT2D eigenvalue weighted by atomic mass is 16.3. The molecule has 0 fully saturated rings. The van der Waals surface area contributed by atoms with Gasteiger partial charge in [-0.3, -0.25) is 4.98 Å². The Morgan fingerprint density at radius 3 is 1.93 bits per heavy atom. The number of hydrogen-bond donors (Lipinski definition) is 0. The van der Waals surface area contributed by atoms with Crippen molar-refractivity contribution in [1.82, 2.24) is 4.98 Å². The first-order valence-corrected chi connectivity index (χ1v) is 14.1. The fraction of sp³-hybridized carbons (Fsp3) is 0. The van der Waals surface area contributed by atoms with Gasteiger partial charge >= 0.3 is 0 Å². The standard InChI is InChI=1S/C39H26N2O/c1-2-7-27(8-3-1)28-13-17-31(18-14-28)41(33-21-22-38-37(25-33)36-23-24-40-26-39(36)42-38)32-19-15-30(16-20-32)35-12-6-10-29-9-4-5-11-34(29)35/h1-26H. The Bertz CT molecular complexity index is 2170. The number of anilines is 3. The number of furan rings is 1. The molecule has 8 aromatic rings. The summed E-state index contributed by atoms with van der Waals surface area (Å²) < 4.78 is 6.08. The lowest BCUT2D eigenvalue weighted by molar-refractivity contribution is 0.667. The van der Waals surface area contributed by atoms with Crippen molar-refractivity contribution < 1.29 is 4.42 Å². The molecule has 2 aromatic heterocycles. The van der Waals surface area contributed by atoms with Crippen LogP contribution < -0.4 is 4.90 Å². The minimum absolute atomic E-state index is 0.794. The first-order valence-electron chi connectivity index (χ1n) is 14.1. The van der Waals surface area contributed by atoms with Gasteiger partial charge in [-0.05, 0) is 81.6 Å². The van der Waals surface area contributed by atoms with Crippen molar-refractivity contribution in [2.24, 2.45) is 0 Å². The highest BCUT2D eigenvalue weighted by molar-refractivity contribution is 6.06. The van der Waals surface area contributed by atoms with Gasteiger partial charge in [-0.15, -0.1) is 0 Å². The molecule has 0 radical (unpaired) electrons. The van der Waals surface area contributed by atoms with Gasteiger partial charge in [-0.25, -0.2) is 0 Å². The second kappa shape index (κ2) is 10.1. The van der Waals surface area contributed by atoms with E-state index in [2.05, 4.69) is 143 Å². The molecule has 2 heterocycles. The Morgan fingerprint density at radius 1 is 0.452 bits per heavy atom. The zero-order valence-corrected chi connectivity index (χ0v) is 22.8. The topological polar surface area (TPSA) is 29.3 Å². The molecule has 8 rings (SSSR count). The highest BCUT2D eigenvalue weighted by Gasteiger charge is 2.16. The number of rotatable bonds is 5. The van der Waals surface area contributed by atoms with Gasteiger partial charge in [0.1, 0.15) is 5.58 Å². The van der Waals surface area contributed by atoms with Crippen LogP contribution in [0.15, 0.2) is 162 Å². The molecule has 0 aliphatic rings. The number of hydrogen-bond acceptors (Lipinski definition) is 3. The van der Waals surface area contributed by atoms with Gasteiger partial charge < -0.3 is 9.32 Å². The van der Waals surface area contributed by atoms with Gasteiger partial charge in [0.05, 0.1) is 6.20 Å². The van der Waals surface area contributed by atoms with Gasteiger partial charge in [-0.1, -0.05) is 97.1 Å². The number of benzene rings is 6. The third-order valence-electron chi connectivity index (χ3n) is 7.97. The summed E-state index contributed by atoms with van der Waals surface area (Å²) in [6.45, 7) is 0. The maximum absolute atomic E-state index is 6.08. The maximum Gasteiger partial charge on any atom is 0.153 e. The quantitative estimate of drug-likeness (QED) is 0.218. The van der Waals surface area contributed by atoms with E-state index in [4.69, 9.17) is 4.42 Å². The van der Waals surface area contributed by atoms with Crippen molar-refractivity contribution in [2.45, 2.75) is 0 Å². The summed E-state index contributed by atoms with van der Waals surface area (Å²) in [6.07, 6.45) is 3.59. The molecule has 0 aliphatic heterocycles. The summed E-state index contributed by atoms with van der Waals surface area (Å²) in [6, 6.07) is 51.6. The van der Waals surface area contributed by atoms with E-state index in [0.29, 0.717) is 0 Å². The fourth-order valence-electron chi connectivity index (χ4n) is 5.91. The van der Waals surface area contributed by atoms with E-state index in [9.17, 15) is 0 Å². The predicted molar refractivity (Wildman–Crippen MR) is 175 cm³/mol. The average molecular weight is 539 g/mol. The van der Waals surface area contributed by atoms with Crippen molar-refractivity contribution in [3.8, 4) is 22.3 Å². The van der Waals surface area contributed by atoms with Crippen molar-refractivity contribution in [1.29, 1.82) is 0 Å². The zero-order valence-electron chi connectivity index (χ0n) is 22.8. The zero-order chi connectivity index (χ0) is 27.9. The second-order valence-corrected chi connectivity index (χ2v) is 10.5. The van der Waals surface area contributed by atoms with Crippen molar-refractivity contribution in [2.75, 3.05) is 4.90 Å². The van der Waals surface area contributed by atoms with Crippen LogP contribution in [0, 0.1) is 0 Å². The molecule has 0 unspecified atom stereocenters. The average Bonchev–Trinajstić information content (AvgIpc) is 3.44. The van der Waals surface area contributed by atoms with Gasteiger partial charge in [-0.2, -0.15) is 0 Å². The Hall–Kier alpha value is -5.67. The smallest absolute Gasteiger partial charge is 0.153 e. The first kappa shape index (κ1) is 24.2. The molecule has 6 aromatic carbocycles. The van der Waals surface area contributed by atoms with Crippen molar-refractivity contribution >= 4 is 49.8 Å². The highest BCUT2D eigenvalue weighted by Crippen LogP contribution is 2.40. The van der Waals surface area contributed by atoms with Crippen molar-refractivity contribution in [3.63, 3.8) is 0 Å². The van der Waals surface area contributed by atoms with E-state index in [-0.39, 0.29) is 0 Å². The molecule has 0 atom stereocenters. The summed E-state index contributed by atoms with van der Waals surface area (Å²) in [5.74, 6) is 0. The Labute approximate surface area is 243 Å². The van der Waals surface area contributed by atoms with E-state index in [1.54, 1.807) is 6.20 Å². The van der Waals surface area contributed by atoms with E-state index >= 15 is 0 Å². The molecule has 0 amide bonds. The lowest BCUT2D eigenvalue weighted by atomic mass is 9.98. The molecule has 0 saturated carbocycles. The number of aromatic nitrogens is 1. The summed E-state index contributed by atoms with van der Waals surface area (Å²) in [5, 5.41) is 4.64. The van der Waals surface area contributed by atoms with Crippen LogP contribution >= 0.6 is 0 Å². The molecular weight excluding hydrogens is 512 g/mol. The summed E-state index contributed by atoms with van der Waals surface area (Å²) in [5.41, 5.74) is 9.70. The van der Waals surface area contributed by atoms with Crippen LogP contribution in [0.5, 0.6) is 0 Å². The van der Waals surface area contributed by atoms with Gasteiger partial charge in [0, 0.05) is 34.0 Å². The SMILES string of the molecule is c1ccc(-c2ccc(N(c3ccc(-c4cccc5ccccc45)cc3)c3ccc4oc5cnccc5c4c3)cc2)cc1. The molecule has 0 saturated heterocycles. The van der Waals surface area contributed by atoms with Gasteiger partial charge in [0.2, 0.25) is 0 Å². The third-order valence-corrected chi connectivity index (χ3v) is 7.97. The second-order valence-electron chi connectivity index (χ2n) is 10.5. The monoisotopic (exact) mass is 538 g/mol. The third kappa shape index (κ3) is 4.20. The first-order chi connectivity index (χ1) is 20.8. The number of fused-ring (bicyclic) bond motifs is 4. The molecular formula is C39H26N2O. The Balaban J connectivity index is 1.25. The molecule has 3 nitrogen and oxygen atoms in total. The molecule has 0 bridgehead atoms. The molecule has 0 aliphatic carbocycles. The summed E-state index contributed by atoms with van der Waals surface area (Å²) in [7, 11) is 0. The van der Waals surface area contributed by atoms with Crippen LogP contribution in [0.4, 0.5) is 17.1 Å². The molecule has 3 heteroatoms. The predicted octanol–water partition coefficient (Wildman–Crippen LogP) is 10.9. The normalized spacial score (nSPS) is 11.3. The van der Waals surface area contributed by atoms with Gasteiger partial charge in [0.25, 0.3) is 0 Å². The van der Waals surface area contributed by atoms with E-state index in [1.807, 2.05) is 18.3 Å². The lowest BCUT2D eigenvalue weighted by Crippen LogP contribution is -2.09. The van der Waals surface area contributed by atoms with Crippen LogP contribution in [0.25, 0.3) is 55.0 Å². The number of nitrogens with zero attached hydrogens (tertiary/aromatic N) is 2. The largest absolute Gasteiger partial charge is 0.454 e.